The Morgan fingerprint density at radius 1 is 1.53 bits per heavy atom. The summed E-state index contributed by atoms with van der Waals surface area (Å²) in [6, 6.07) is 5.51. The summed E-state index contributed by atoms with van der Waals surface area (Å²) in [7, 11) is 0. The first-order valence-electron chi connectivity index (χ1n) is 4.96. The van der Waals surface area contributed by atoms with E-state index in [9.17, 15) is 4.39 Å². The average molecular weight is 227 g/mol. The van der Waals surface area contributed by atoms with Crippen molar-refractivity contribution in [3.8, 4) is 0 Å². The van der Waals surface area contributed by atoms with Crippen molar-refractivity contribution in [2.75, 3.05) is 26.0 Å². The van der Waals surface area contributed by atoms with Crippen LogP contribution in [-0.2, 0) is 4.74 Å². The molecule has 0 aliphatic carbocycles. The lowest BCUT2D eigenvalue weighted by Gasteiger charge is -2.24. The Balaban J connectivity index is 2.17. The standard InChI is InChI=1S/C11H14FNOS/c1-15-11-3-2-8(6-9(11)12)10-7-14-5-4-13-10/h2-3,6,10,13H,4-5,7H2,1H3. The largest absolute Gasteiger partial charge is 0.378 e. The van der Waals surface area contributed by atoms with Crippen molar-refractivity contribution >= 4 is 11.8 Å². The maximum atomic E-state index is 13.5. The Kier molecular flexibility index (Phi) is 3.61. The minimum Gasteiger partial charge on any atom is -0.378 e. The maximum Gasteiger partial charge on any atom is 0.137 e. The van der Waals surface area contributed by atoms with E-state index in [0.29, 0.717) is 11.5 Å². The summed E-state index contributed by atoms with van der Waals surface area (Å²) in [5.41, 5.74) is 0.963. The highest BCUT2D eigenvalue weighted by molar-refractivity contribution is 7.98. The molecule has 1 atom stereocenters. The highest BCUT2D eigenvalue weighted by atomic mass is 32.2. The van der Waals surface area contributed by atoms with Gasteiger partial charge in [-0.3, -0.25) is 0 Å². The Labute approximate surface area is 93.2 Å². The van der Waals surface area contributed by atoms with Crippen molar-refractivity contribution in [2.24, 2.45) is 0 Å². The number of nitrogens with one attached hydrogen (secondary N) is 1. The van der Waals surface area contributed by atoms with Gasteiger partial charge in [0.2, 0.25) is 0 Å². The molecule has 0 saturated carbocycles. The molecule has 0 radical (unpaired) electrons. The fourth-order valence-electron chi connectivity index (χ4n) is 1.68. The molecule has 82 valence electrons. The summed E-state index contributed by atoms with van der Waals surface area (Å²) in [4.78, 5) is 0.690. The molecular formula is C11H14FNOS. The zero-order chi connectivity index (χ0) is 10.7. The third-order valence-corrected chi connectivity index (χ3v) is 3.27. The molecular weight excluding hydrogens is 213 g/mol. The van der Waals surface area contributed by atoms with E-state index >= 15 is 0 Å². The van der Waals surface area contributed by atoms with Crippen LogP contribution in [0.4, 0.5) is 4.39 Å². The molecule has 2 rings (SSSR count). The highest BCUT2D eigenvalue weighted by Crippen LogP contribution is 2.23. The fourth-order valence-corrected chi connectivity index (χ4v) is 2.14. The predicted octanol–water partition coefficient (Wildman–Crippen LogP) is 2.21. The SMILES string of the molecule is CSc1ccc(C2COCCN2)cc1F. The zero-order valence-corrected chi connectivity index (χ0v) is 9.44. The van der Waals surface area contributed by atoms with Gasteiger partial charge in [-0.1, -0.05) is 6.07 Å². The number of ether oxygens (including phenoxy) is 1. The third-order valence-electron chi connectivity index (χ3n) is 2.50. The minimum absolute atomic E-state index is 0.129. The number of thioether (sulfide) groups is 1. The molecule has 0 bridgehead atoms. The van der Waals surface area contributed by atoms with Crippen LogP contribution in [-0.4, -0.2) is 26.0 Å². The maximum absolute atomic E-state index is 13.5. The Hall–Kier alpha value is -0.580. The molecule has 4 heteroatoms. The minimum atomic E-state index is -0.146. The molecule has 0 amide bonds. The molecule has 1 saturated heterocycles. The van der Waals surface area contributed by atoms with E-state index < -0.39 is 0 Å². The highest BCUT2D eigenvalue weighted by Gasteiger charge is 2.16. The first-order valence-corrected chi connectivity index (χ1v) is 6.18. The van der Waals surface area contributed by atoms with Crippen LogP contribution in [0.1, 0.15) is 11.6 Å². The second-order valence-corrected chi connectivity index (χ2v) is 4.32. The van der Waals surface area contributed by atoms with Crippen LogP contribution in [0, 0.1) is 5.82 Å². The average Bonchev–Trinajstić information content (AvgIpc) is 2.30. The fraction of sp³-hybridized carbons (Fsp3) is 0.455. The van der Waals surface area contributed by atoms with Crippen LogP contribution < -0.4 is 5.32 Å². The van der Waals surface area contributed by atoms with Gasteiger partial charge in [0.15, 0.2) is 0 Å². The molecule has 1 aliphatic rings. The van der Waals surface area contributed by atoms with Gasteiger partial charge in [-0.15, -0.1) is 11.8 Å². The van der Waals surface area contributed by atoms with Gasteiger partial charge in [0.05, 0.1) is 19.3 Å². The lowest BCUT2D eigenvalue weighted by Crippen LogP contribution is -2.34. The van der Waals surface area contributed by atoms with E-state index in [4.69, 9.17) is 4.74 Å². The summed E-state index contributed by atoms with van der Waals surface area (Å²) in [5.74, 6) is -0.146. The van der Waals surface area contributed by atoms with Gasteiger partial charge < -0.3 is 10.1 Å². The van der Waals surface area contributed by atoms with E-state index in [2.05, 4.69) is 5.32 Å². The number of halogens is 1. The topological polar surface area (TPSA) is 21.3 Å². The van der Waals surface area contributed by atoms with Crippen molar-refractivity contribution in [3.63, 3.8) is 0 Å². The monoisotopic (exact) mass is 227 g/mol. The van der Waals surface area contributed by atoms with Crippen LogP contribution in [0.15, 0.2) is 23.1 Å². The van der Waals surface area contributed by atoms with Crippen LogP contribution in [0.2, 0.25) is 0 Å². The van der Waals surface area contributed by atoms with Gasteiger partial charge in [-0.05, 0) is 24.0 Å². The third kappa shape index (κ3) is 2.51. The van der Waals surface area contributed by atoms with Gasteiger partial charge in [-0.25, -0.2) is 4.39 Å². The van der Waals surface area contributed by atoms with Crippen molar-refractivity contribution < 1.29 is 9.13 Å². The van der Waals surface area contributed by atoms with Crippen LogP contribution >= 0.6 is 11.8 Å². The predicted molar refractivity (Wildman–Crippen MR) is 59.7 cm³/mol. The van der Waals surface area contributed by atoms with Crippen molar-refractivity contribution in [3.05, 3.63) is 29.6 Å². The van der Waals surface area contributed by atoms with Crippen molar-refractivity contribution in [2.45, 2.75) is 10.9 Å². The van der Waals surface area contributed by atoms with Crippen LogP contribution in [0.25, 0.3) is 0 Å². The first-order chi connectivity index (χ1) is 7.31. The quantitative estimate of drug-likeness (QED) is 0.783. The van der Waals surface area contributed by atoms with E-state index in [1.165, 1.54) is 11.8 Å². The smallest absolute Gasteiger partial charge is 0.137 e. The van der Waals surface area contributed by atoms with Crippen molar-refractivity contribution in [1.29, 1.82) is 0 Å². The molecule has 1 aliphatic heterocycles. The molecule has 0 spiro atoms. The number of hydrogen-bond acceptors (Lipinski definition) is 3. The normalized spacial score (nSPS) is 21.6. The molecule has 1 fully saturated rings. The van der Waals surface area contributed by atoms with E-state index in [1.807, 2.05) is 18.4 Å². The molecule has 1 aromatic rings. The molecule has 1 heterocycles. The van der Waals surface area contributed by atoms with Gasteiger partial charge >= 0.3 is 0 Å². The summed E-state index contributed by atoms with van der Waals surface area (Å²) < 4.78 is 18.9. The van der Waals surface area contributed by atoms with Gasteiger partial charge in [0.1, 0.15) is 5.82 Å². The van der Waals surface area contributed by atoms with E-state index in [0.717, 1.165) is 18.7 Å². The molecule has 1 N–H and O–H groups in total. The van der Waals surface area contributed by atoms with Gasteiger partial charge in [-0.2, -0.15) is 0 Å². The molecule has 2 nitrogen and oxygen atoms in total. The second kappa shape index (κ2) is 4.96. The first kappa shape index (κ1) is 10.9. The van der Waals surface area contributed by atoms with E-state index in [-0.39, 0.29) is 11.9 Å². The second-order valence-electron chi connectivity index (χ2n) is 3.48. The number of morpholine rings is 1. The Bertz CT molecular complexity index is 339. The number of rotatable bonds is 2. The number of benzene rings is 1. The van der Waals surface area contributed by atoms with Crippen LogP contribution in [0.3, 0.4) is 0 Å². The van der Waals surface area contributed by atoms with Crippen LogP contribution in [0.5, 0.6) is 0 Å². The Morgan fingerprint density at radius 3 is 3.00 bits per heavy atom. The van der Waals surface area contributed by atoms with E-state index in [1.54, 1.807) is 6.07 Å². The van der Waals surface area contributed by atoms with Crippen molar-refractivity contribution in [1.82, 2.24) is 5.32 Å². The molecule has 1 aromatic carbocycles. The van der Waals surface area contributed by atoms with Gasteiger partial charge in [0, 0.05) is 11.4 Å². The molecule has 15 heavy (non-hydrogen) atoms. The molecule has 0 aromatic heterocycles. The zero-order valence-electron chi connectivity index (χ0n) is 8.63. The summed E-state index contributed by atoms with van der Waals surface area (Å²) in [5, 5.41) is 3.30. The molecule has 1 unspecified atom stereocenters. The summed E-state index contributed by atoms with van der Waals surface area (Å²) in [6.07, 6.45) is 1.88. The number of hydrogen-bond donors (Lipinski definition) is 1. The lowest BCUT2D eigenvalue weighted by molar-refractivity contribution is 0.0768. The summed E-state index contributed by atoms with van der Waals surface area (Å²) >= 11 is 1.42. The summed E-state index contributed by atoms with van der Waals surface area (Å²) in [6.45, 7) is 2.19. The Morgan fingerprint density at radius 2 is 2.40 bits per heavy atom. The lowest BCUT2D eigenvalue weighted by atomic mass is 10.1. The van der Waals surface area contributed by atoms with Gasteiger partial charge in [0.25, 0.3) is 0 Å².